The maximum atomic E-state index is 10.5. The molecule has 0 aliphatic rings. The molecule has 6 nitrogen and oxygen atoms in total. The highest BCUT2D eigenvalue weighted by Gasteiger charge is 2.03. The van der Waals surface area contributed by atoms with Gasteiger partial charge in [-0.1, -0.05) is 17.5 Å². The Morgan fingerprint density at radius 2 is 2.43 bits per heavy atom. The van der Waals surface area contributed by atoms with Gasteiger partial charge in [-0.3, -0.25) is 15.1 Å². The zero-order chi connectivity index (χ0) is 15.5. The monoisotopic (exact) mass is 326 g/mol. The molecular formula is C13H15ClN4O2S. The first kappa shape index (κ1) is 17.1. The molecule has 0 amide bonds. The van der Waals surface area contributed by atoms with Crippen molar-refractivity contribution in [1.29, 1.82) is 0 Å². The van der Waals surface area contributed by atoms with Crippen LogP contribution in [0.15, 0.2) is 30.4 Å². The summed E-state index contributed by atoms with van der Waals surface area (Å²) < 4.78 is 0. The number of pyridine rings is 1. The number of rotatable bonds is 9. The van der Waals surface area contributed by atoms with Gasteiger partial charge in [0.1, 0.15) is 0 Å². The summed E-state index contributed by atoms with van der Waals surface area (Å²) in [5.74, 6) is 4.10. The van der Waals surface area contributed by atoms with Crippen molar-refractivity contribution in [2.24, 2.45) is 0 Å². The standard InChI is InChI=1S/C13H15ClN4O2S/c1-2-5-16-13(9-18(19)20)17-7-8-21-10-12-11(14)4-3-6-15-12/h1,3-4,6,9,16-17H,5,7-8,10H2/b13-9-. The van der Waals surface area contributed by atoms with Gasteiger partial charge in [-0.2, -0.15) is 11.8 Å². The van der Waals surface area contributed by atoms with Gasteiger partial charge in [-0.25, -0.2) is 0 Å². The van der Waals surface area contributed by atoms with Gasteiger partial charge in [0.2, 0.25) is 0 Å². The molecule has 1 aromatic heterocycles. The van der Waals surface area contributed by atoms with Gasteiger partial charge >= 0.3 is 0 Å². The zero-order valence-electron chi connectivity index (χ0n) is 11.2. The molecule has 0 aliphatic heterocycles. The summed E-state index contributed by atoms with van der Waals surface area (Å²) in [6, 6.07) is 3.58. The van der Waals surface area contributed by atoms with Crippen molar-refractivity contribution in [2.45, 2.75) is 5.75 Å². The van der Waals surface area contributed by atoms with Crippen LogP contribution in [0.3, 0.4) is 0 Å². The third kappa shape index (κ3) is 7.44. The van der Waals surface area contributed by atoms with E-state index in [-0.39, 0.29) is 6.54 Å². The molecule has 21 heavy (non-hydrogen) atoms. The third-order valence-corrected chi connectivity index (χ3v) is 3.57. The minimum Gasteiger partial charge on any atom is -0.366 e. The highest BCUT2D eigenvalue weighted by atomic mass is 35.5. The van der Waals surface area contributed by atoms with Gasteiger partial charge in [0, 0.05) is 24.2 Å². The van der Waals surface area contributed by atoms with E-state index in [1.165, 1.54) is 0 Å². The first-order chi connectivity index (χ1) is 10.1. The van der Waals surface area contributed by atoms with Crippen LogP contribution in [0.4, 0.5) is 0 Å². The number of nitrogens with zero attached hydrogens (tertiary/aromatic N) is 2. The maximum absolute atomic E-state index is 10.5. The number of hydrogen-bond acceptors (Lipinski definition) is 6. The Morgan fingerprint density at radius 1 is 1.62 bits per heavy atom. The second-order valence-corrected chi connectivity index (χ2v) is 5.31. The molecule has 0 saturated heterocycles. The first-order valence-corrected chi connectivity index (χ1v) is 7.60. The van der Waals surface area contributed by atoms with E-state index in [0.717, 1.165) is 17.6 Å². The fourth-order valence-corrected chi connectivity index (χ4v) is 2.44. The van der Waals surface area contributed by atoms with Gasteiger partial charge in [-0.15, -0.1) is 6.42 Å². The molecule has 1 heterocycles. The quantitative estimate of drug-likeness (QED) is 0.312. The summed E-state index contributed by atoms with van der Waals surface area (Å²) in [5.41, 5.74) is 0.829. The van der Waals surface area contributed by atoms with Crippen molar-refractivity contribution in [2.75, 3.05) is 18.8 Å². The van der Waals surface area contributed by atoms with Crippen molar-refractivity contribution < 1.29 is 4.92 Å². The van der Waals surface area contributed by atoms with Crippen molar-refractivity contribution in [3.63, 3.8) is 0 Å². The second kappa shape index (κ2) is 9.91. The van der Waals surface area contributed by atoms with E-state index in [2.05, 4.69) is 21.5 Å². The first-order valence-electron chi connectivity index (χ1n) is 6.07. The van der Waals surface area contributed by atoms with E-state index < -0.39 is 4.92 Å². The zero-order valence-corrected chi connectivity index (χ0v) is 12.8. The lowest BCUT2D eigenvalue weighted by molar-refractivity contribution is -0.404. The van der Waals surface area contributed by atoms with Crippen molar-refractivity contribution >= 4 is 23.4 Å². The van der Waals surface area contributed by atoms with Crippen LogP contribution in [0.25, 0.3) is 0 Å². The lowest BCUT2D eigenvalue weighted by Crippen LogP contribution is -2.29. The summed E-state index contributed by atoms with van der Waals surface area (Å²) in [6.45, 7) is 0.787. The number of nitro groups is 1. The Balaban J connectivity index is 2.30. The van der Waals surface area contributed by atoms with Gasteiger partial charge in [0.15, 0.2) is 5.82 Å². The molecule has 112 valence electrons. The molecule has 0 spiro atoms. The van der Waals surface area contributed by atoms with E-state index in [9.17, 15) is 10.1 Å². The van der Waals surface area contributed by atoms with Crippen LogP contribution in [0.2, 0.25) is 5.02 Å². The normalized spacial score (nSPS) is 10.8. The van der Waals surface area contributed by atoms with Crippen LogP contribution in [0, 0.1) is 22.5 Å². The predicted octanol–water partition coefficient (Wildman–Crippen LogP) is 1.86. The fraction of sp³-hybridized carbons (Fsp3) is 0.308. The smallest absolute Gasteiger partial charge is 0.274 e. The topological polar surface area (TPSA) is 80.1 Å². The molecule has 0 fully saturated rings. The molecule has 8 heteroatoms. The molecular weight excluding hydrogens is 312 g/mol. The summed E-state index contributed by atoms with van der Waals surface area (Å²) in [5, 5.41) is 16.8. The van der Waals surface area contributed by atoms with E-state index >= 15 is 0 Å². The van der Waals surface area contributed by atoms with Crippen molar-refractivity contribution in [3.8, 4) is 12.3 Å². The lowest BCUT2D eigenvalue weighted by Gasteiger charge is -2.09. The van der Waals surface area contributed by atoms with Crippen LogP contribution in [-0.4, -0.2) is 28.7 Å². The number of hydrogen-bond donors (Lipinski definition) is 2. The maximum Gasteiger partial charge on any atom is 0.274 e. The molecule has 0 bridgehead atoms. The fourth-order valence-electron chi connectivity index (χ4n) is 1.36. The molecule has 0 unspecified atom stereocenters. The van der Waals surface area contributed by atoms with Crippen molar-refractivity contribution in [3.05, 3.63) is 51.2 Å². The lowest BCUT2D eigenvalue weighted by atomic mass is 10.4. The molecule has 0 aliphatic carbocycles. The number of aromatic nitrogens is 1. The minimum absolute atomic E-state index is 0.226. The SMILES string of the molecule is C#CCN/C(=C/[N+](=O)[O-])NCCSCc1ncccc1Cl. The Kier molecular flexibility index (Phi) is 8.09. The van der Waals surface area contributed by atoms with E-state index in [1.807, 2.05) is 0 Å². The van der Waals surface area contributed by atoms with Gasteiger partial charge in [0.25, 0.3) is 6.20 Å². The average molecular weight is 327 g/mol. The molecule has 1 rings (SSSR count). The Hall–Kier alpha value is -1.91. The van der Waals surface area contributed by atoms with Gasteiger partial charge in [0.05, 0.1) is 22.2 Å². The summed E-state index contributed by atoms with van der Waals surface area (Å²) in [6.07, 6.45) is 7.66. The second-order valence-electron chi connectivity index (χ2n) is 3.80. The third-order valence-electron chi connectivity index (χ3n) is 2.25. The van der Waals surface area contributed by atoms with Gasteiger partial charge in [-0.05, 0) is 12.1 Å². The van der Waals surface area contributed by atoms with Crippen LogP contribution < -0.4 is 10.6 Å². The van der Waals surface area contributed by atoms with Crippen LogP contribution >= 0.6 is 23.4 Å². The van der Waals surface area contributed by atoms with Crippen LogP contribution in [0.1, 0.15) is 5.69 Å². The van der Waals surface area contributed by atoms with E-state index in [0.29, 0.717) is 23.1 Å². The van der Waals surface area contributed by atoms with E-state index in [1.54, 1.807) is 30.1 Å². The average Bonchev–Trinajstić information content (AvgIpc) is 2.45. The molecule has 1 aromatic rings. The Morgan fingerprint density at radius 3 is 3.10 bits per heavy atom. The van der Waals surface area contributed by atoms with Gasteiger partial charge < -0.3 is 10.6 Å². The Bertz CT molecular complexity index is 545. The highest BCUT2D eigenvalue weighted by Crippen LogP contribution is 2.17. The largest absolute Gasteiger partial charge is 0.366 e. The van der Waals surface area contributed by atoms with Crippen LogP contribution in [0.5, 0.6) is 0 Å². The number of halogens is 1. The summed E-state index contributed by atoms with van der Waals surface area (Å²) in [4.78, 5) is 14.1. The number of thioether (sulfide) groups is 1. The molecule has 0 saturated carbocycles. The van der Waals surface area contributed by atoms with Crippen molar-refractivity contribution in [1.82, 2.24) is 15.6 Å². The molecule has 2 N–H and O–H groups in total. The summed E-state index contributed by atoms with van der Waals surface area (Å²) >= 11 is 7.63. The van der Waals surface area contributed by atoms with Crippen LogP contribution in [-0.2, 0) is 5.75 Å². The molecule has 0 radical (unpaired) electrons. The van der Waals surface area contributed by atoms with E-state index in [4.69, 9.17) is 18.0 Å². The highest BCUT2D eigenvalue weighted by molar-refractivity contribution is 7.98. The minimum atomic E-state index is -0.535. The number of nitrogens with one attached hydrogen (secondary N) is 2. The predicted molar refractivity (Wildman–Crippen MR) is 85.3 cm³/mol. The molecule has 0 atom stereocenters. The summed E-state index contributed by atoms with van der Waals surface area (Å²) in [7, 11) is 0. The Labute approximate surface area is 132 Å². The molecule has 0 aromatic carbocycles. The number of terminal acetylenes is 1.